The third-order valence-electron chi connectivity index (χ3n) is 5.04. The predicted molar refractivity (Wildman–Crippen MR) is 106 cm³/mol. The molecule has 0 spiro atoms. The number of nitrogens with zero attached hydrogens (tertiary/aromatic N) is 1. The molecule has 9 heteroatoms. The van der Waals surface area contributed by atoms with Crippen LogP contribution < -0.4 is 10.1 Å². The topological polar surface area (TPSA) is 80.2 Å². The van der Waals surface area contributed by atoms with Crippen LogP contribution in [0.25, 0.3) is 10.9 Å². The van der Waals surface area contributed by atoms with Crippen LogP contribution in [0.4, 0.5) is 10.1 Å². The molecule has 1 aliphatic heterocycles. The Morgan fingerprint density at radius 3 is 2.68 bits per heavy atom. The molecule has 0 saturated heterocycles. The molecule has 0 radical (unpaired) electrons. The molecule has 1 aliphatic rings. The summed E-state index contributed by atoms with van der Waals surface area (Å²) in [5.74, 6) is -0.274. The summed E-state index contributed by atoms with van der Waals surface area (Å²) in [5, 5.41) is 16.1. The first-order valence-corrected chi connectivity index (χ1v) is 9.33. The number of hydrogen-bond donors (Lipinski definition) is 2. The Hall–Kier alpha value is -2.35. The van der Waals surface area contributed by atoms with Gasteiger partial charge in [-0.1, -0.05) is 23.2 Å². The smallest absolute Gasteiger partial charge is 0.278 e. The van der Waals surface area contributed by atoms with Gasteiger partial charge in [-0.3, -0.25) is 10.1 Å². The monoisotopic (exact) mass is 423 g/mol. The molecule has 4 rings (SSSR count). The predicted octanol–water partition coefficient (Wildman–Crippen LogP) is 5.15. The molecule has 146 valence electrons. The molecule has 28 heavy (non-hydrogen) atoms. The lowest BCUT2D eigenvalue weighted by Crippen LogP contribution is -2.38. The van der Waals surface area contributed by atoms with Gasteiger partial charge < -0.3 is 15.0 Å². The van der Waals surface area contributed by atoms with E-state index in [2.05, 4.69) is 10.3 Å². The summed E-state index contributed by atoms with van der Waals surface area (Å²) in [6, 6.07) is 5.28. The maximum Gasteiger partial charge on any atom is 0.278 e. The lowest BCUT2D eigenvalue weighted by Gasteiger charge is -2.29. The van der Waals surface area contributed by atoms with Gasteiger partial charge in [-0.15, -0.1) is 0 Å². The van der Waals surface area contributed by atoms with Crippen molar-refractivity contribution in [2.75, 3.05) is 7.11 Å². The number of rotatable bonds is 3. The van der Waals surface area contributed by atoms with E-state index in [-0.39, 0.29) is 27.5 Å². The van der Waals surface area contributed by atoms with E-state index in [9.17, 15) is 14.5 Å². The van der Waals surface area contributed by atoms with E-state index < -0.39 is 16.8 Å². The number of nitro groups is 1. The fourth-order valence-corrected chi connectivity index (χ4v) is 4.23. The van der Waals surface area contributed by atoms with Gasteiger partial charge in [-0.2, -0.15) is 0 Å². The van der Waals surface area contributed by atoms with Crippen molar-refractivity contribution in [3.63, 3.8) is 0 Å². The van der Waals surface area contributed by atoms with Crippen LogP contribution in [-0.4, -0.2) is 23.1 Å². The average molecular weight is 424 g/mol. The number of nitro benzene ring substituents is 1. The van der Waals surface area contributed by atoms with Crippen LogP contribution in [0.5, 0.6) is 5.75 Å². The number of H-pyrrole nitrogens is 1. The van der Waals surface area contributed by atoms with Gasteiger partial charge in [-0.05, 0) is 37.1 Å². The van der Waals surface area contributed by atoms with Gasteiger partial charge in [0.25, 0.3) is 5.69 Å². The van der Waals surface area contributed by atoms with Crippen molar-refractivity contribution in [1.29, 1.82) is 0 Å². The van der Waals surface area contributed by atoms with Gasteiger partial charge in [0.1, 0.15) is 11.6 Å². The number of nitrogens with one attached hydrogen (secondary N) is 2. The van der Waals surface area contributed by atoms with Gasteiger partial charge in [0.2, 0.25) is 0 Å². The molecule has 1 aromatic heterocycles. The van der Waals surface area contributed by atoms with E-state index in [1.807, 2.05) is 6.92 Å². The number of methoxy groups -OCH3 is 1. The number of aromatic nitrogens is 1. The normalized spacial score (nSPS) is 18.9. The number of ether oxygens (including phenoxy) is 1. The molecule has 0 amide bonds. The Balaban J connectivity index is 1.96. The zero-order valence-corrected chi connectivity index (χ0v) is 16.5. The van der Waals surface area contributed by atoms with E-state index in [4.69, 9.17) is 27.9 Å². The Morgan fingerprint density at radius 1 is 1.25 bits per heavy atom. The van der Waals surface area contributed by atoms with Crippen molar-refractivity contribution in [3.8, 4) is 5.75 Å². The third kappa shape index (κ3) is 2.99. The molecule has 6 nitrogen and oxygen atoms in total. The quantitative estimate of drug-likeness (QED) is 0.450. The van der Waals surface area contributed by atoms with E-state index in [0.717, 1.165) is 16.6 Å². The number of fused-ring (bicyclic) bond motifs is 3. The SMILES string of the molecule is COc1cc([N+](=O)[O-])c([C@@H]2N[C@@H](C)Cc3c2[nH]c2cc(Cl)c(F)cc32)cc1Cl. The second kappa shape index (κ2) is 6.92. The van der Waals surface area contributed by atoms with Crippen molar-refractivity contribution < 1.29 is 14.1 Å². The van der Waals surface area contributed by atoms with E-state index in [0.29, 0.717) is 17.5 Å². The summed E-state index contributed by atoms with van der Waals surface area (Å²) >= 11 is 12.2. The minimum Gasteiger partial charge on any atom is -0.495 e. The van der Waals surface area contributed by atoms with Crippen LogP contribution in [0.1, 0.15) is 29.8 Å². The number of benzene rings is 2. The molecule has 0 fully saturated rings. The largest absolute Gasteiger partial charge is 0.495 e. The average Bonchev–Trinajstić information content (AvgIpc) is 2.98. The first-order valence-electron chi connectivity index (χ1n) is 8.57. The zero-order valence-electron chi connectivity index (χ0n) is 15.0. The summed E-state index contributed by atoms with van der Waals surface area (Å²) in [5.41, 5.74) is 2.62. The molecule has 2 aromatic carbocycles. The second-order valence-corrected chi connectivity index (χ2v) is 7.65. The first kappa shape index (κ1) is 19.0. The summed E-state index contributed by atoms with van der Waals surface area (Å²) < 4.78 is 19.2. The molecular formula is C19H16Cl2FN3O3. The maximum atomic E-state index is 14.0. The first-order chi connectivity index (χ1) is 13.3. The highest BCUT2D eigenvalue weighted by Gasteiger charge is 2.34. The Labute approximate surface area is 169 Å². The molecule has 0 bridgehead atoms. The Morgan fingerprint density at radius 2 is 2.00 bits per heavy atom. The number of halogens is 3. The van der Waals surface area contributed by atoms with Gasteiger partial charge in [0.05, 0.1) is 39.8 Å². The highest BCUT2D eigenvalue weighted by Crippen LogP contribution is 2.42. The minimum atomic E-state index is -0.517. The van der Waals surface area contributed by atoms with E-state index in [1.165, 1.54) is 31.4 Å². The number of aromatic amines is 1. The summed E-state index contributed by atoms with van der Waals surface area (Å²) in [6.45, 7) is 1.97. The molecule has 0 saturated carbocycles. The van der Waals surface area contributed by atoms with Gasteiger partial charge in [0, 0.05) is 22.6 Å². The van der Waals surface area contributed by atoms with Crippen molar-refractivity contribution in [2.24, 2.45) is 0 Å². The van der Waals surface area contributed by atoms with Crippen LogP contribution in [-0.2, 0) is 6.42 Å². The zero-order chi connectivity index (χ0) is 20.2. The number of hydrogen-bond acceptors (Lipinski definition) is 4. The molecule has 2 heterocycles. The minimum absolute atomic E-state index is 0.00993. The Bertz CT molecular complexity index is 1120. The summed E-state index contributed by atoms with van der Waals surface area (Å²) in [7, 11) is 1.40. The van der Waals surface area contributed by atoms with Gasteiger partial charge in [-0.25, -0.2) is 4.39 Å². The summed E-state index contributed by atoms with van der Waals surface area (Å²) in [4.78, 5) is 14.5. The van der Waals surface area contributed by atoms with Gasteiger partial charge >= 0.3 is 0 Å². The van der Waals surface area contributed by atoms with Gasteiger partial charge in [0.15, 0.2) is 0 Å². The lowest BCUT2D eigenvalue weighted by atomic mass is 9.90. The molecule has 0 unspecified atom stereocenters. The maximum absolute atomic E-state index is 14.0. The standard InChI is InChI=1S/C19H16Cl2FN3O3/c1-8-3-10-9-5-14(22)12(20)6-15(9)24-18(10)19(23-8)11-4-13(21)17(28-2)7-16(11)25(26)27/h4-8,19,23-24H,3H2,1-2H3/t8-,19-/m0/s1. The fourth-order valence-electron chi connectivity index (χ4n) is 3.81. The lowest BCUT2D eigenvalue weighted by molar-refractivity contribution is -0.385. The highest BCUT2D eigenvalue weighted by atomic mass is 35.5. The van der Waals surface area contributed by atoms with Crippen molar-refractivity contribution in [1.82, 2.24) is 10.3 Å². The van der Waals surface area contributed by atoms with E-state index in [1.54, 1.807) is 0 Å². The third-order valence-corrected chi connectivity index (χ3v) is 5.62. The van der Waals surface area contributed by atoms with Crippen molar-refractivity contribution in [3.05, 3.63) is 67.1 Å². The van der Waals surface area contributed by atoms with Crippen LogP contribution in [0.2, 0.25) is 10.0 Å². The van der Waals surface area contributed by atoms with Crippen LogP contribution in [0.15, 0.2) is 24.3 Å². The molecule has 2 N–H and O–H groups in total. The second-order valence-electron chi connectivity index (χ2n) is 6.84. The highest BCUT2D eigenvalue weighted by molar-refractivity contribution is 6.32. The molecule has 0 aliphatic carbocycles. The van der Waals surface area contributed by atoms with Crippen molar-refractivity contribution >= 4 is 39.8 Å². The fraction of sp³-hybridized carbons (Fsp3) is 0.263. The Kier molecular flexibility index (Phi) is 4.69. The molecule has 2 atom stereocenters. The summed E-state index contributed by atoms with van der Waals surface area (Å²) in [6.07, 6.45) is 0.643. The molecule has 3 aromatic rings. The van der Waals surface area contributed by atoms with Crippen LogP contribution in [0, 0.1) is 15.9 Å². The van der Waals surface area contributed by atoms with E-state index >= 15 is 0 Å². The molecular weight excluding hydrogens is 408 g/mol. The van der Waals surface area contributed by atoms with Crippen LogP contribution in [0.3, 0.4) is 0 Å². The van der Waals surface area contributed by atoms with Crippen LogP contribution >= 0.6 is 23.2 Å². The van der Waals surface area contributed by atoms with Crippen molar-refractivity contribution in [2.45, 2.75) is 25.4 Å².